The number of nitrogens with one attached hydrogen (secondary N) is 1. The molecule has 2 heterocycles. The summed E-state index contributed by atoms with van der Waals surface area (Å²) in [5.41, 5.74) is 0.109. The number of alkyl halides is 3. The van der Waals surface area contributed by atoms with Gasteiger partial charge in [-0.1, -0.05) is 0 Å². The van der Waals surface area contributed by atoms with Crippen molar-refractivity contribution in [1.29, 1.82) is 5.26 Å². The van der Waals surface area contributed by atoms with E-state index in [2.05, 4.69) is 9.97 Å². The highest BCUT2D eigenvalue weighted by Gasteiger charge is 2.38. The number of halogens is 3. The molecule has 0 aliphatic rings. The molecule has 1 N–H and O–H groups in total. The van der Waals surface area contributed by atoms with Crippen molar-refractivity contribution in [3.05, 3.63) is 42.0 Å². The molecule has 0 radical (unpaired) electrons. The van der Waals surface area contributed by atoms with Gasteiger partial charge < -0.3 is 9.40 Å². The van der Waals surface area contributed by atoms with Crippen molar-refractivity contribution in [3.63, 3.8) is 0 Å². The van der Waals surface area contributed by atoms with E-state index in [0.29, 0.717) is 16.5 Å². The van der Waals surface area contributed by atoms with Gasteiger partial charge in [-0.05, 0) is 18.2 Å². The summed E-state index contributed by atoms with van der Waals surface area (Å²) < 4.78 is 43.4. The predicted molar refractivity (Wildman–Crippen MR) is 63.5 cm³/mol. The van der Waals surface area contributed by atoms with E-state index >= 15 is 0 Å². The van der Waals surface area contributed by atoms with Gasteiger partial charge in [-0.25, -0.2) is 4.98 Å². The molecule has 0 atom stereocenters. The molecule has 7 heteroatoms. The zero-order valence-corrected chi connectivity index (χ0v) is 9.82. The average molecular weight is 277 g/mol. The Labute approximate surface area is 110 Å². The molecular formula is C13H6F3N3O. The Hall–Kier alpha value is -2.75. The van der Waals surface area contributed by atoms with Crippen LogP contribution in [0.2, 0.25) is 0 Å². The van der Waals surface area contributed by atoms with Crippen LogP contribution in [0, 0.1) is 11.3 Å². The van der Waals surface area contributed by atoms with Gasteiger partial charge in [0.05, 0.1) is 11.6 Å². The van der Waals surface area contributed by atoms with E-state index in [4.69, 9.17) is 9.68 Å². The highest BCUT2D eigenvalue weighted by atomic mass is 19.4. The zero-order chi connectivity index (χ0) is 14.3. The van der Waals surface area contributed by atoms with Gasteiger partial charge in [-0.15, -0.1) is 0 Å². The molecule has 0 saturated carbocycles. The van der Waals surface area contributed by atoms with Crippen molar-refractivity contribution >= 4 is 10.9 Å². The lowest BCUT2D eigenvalue weighted by atomic mass is 10.1. The summed E-state index contributed by atoms with van der Waals surface area (Å²) in [6.45, 7) is 0. The van der Waals surface area contributed by atoms with Gasteiger partial charge in [-0.3, -0.25) is 0 Å². The molecule has 20 heavy (non-hydrogen) atoms. The number of benzene rings is 1. The van der Waals surface area contributed by atoms with Crippen LogP contribution in [0.15, 0.2) is 35.2 Å². The van der Waals surface area contributed by atoms with Crippen LogP contribution in [-0.2, 0) is 6.18 Å². The van der Waals surface area contributed by atoms with Gasteiger partial charge in [0.15, 0.2) is 17.8 Å². The van der Waals surface area contributed by atoms with E-state index in [0.717, 1.165) is 6.39 Å². The van der Waals surface area contributed by atoms with Gasteiger partial charge in [0.2, 0.25) is 0 Å². The monoisotopic (exact) mass is 277 g/mol. The fourth-order valence-corrected chi connectivity index (χ4v) is 2.02. The molecule has 0 aliphatic heterocycles. The van der Waals surface area contributed by atoms with E-state index in [1.165, 1.54) is 12.3 Å². The first-order valence-electron chi connectivity index (χ1n) is 5.53. The number of nitrogens with zero attached hydrogens (tertiary/aromatic N) is 2. The molecule has 0 bridgehead atoms. The maximum absolute atomic E-state index is 12.8. The number of rotatable bonds is 1. The van der Waals surface area contributed by atoms with E-state index in [1.54, 1.807) is 12.1 Å². The van der Waals surface area contributed by atoms with Crippen molar-refractivity contribution in [1.82, 2.24) is 9.97 Å². The van der Waals surface area contributed by atoms with Crippen molar-refractivity contribution in [2.45, 2.75) is 6.18 Å². The van der Waals surface area contributed by atoms with Gasteiger partial charge in [0.25, 0.3) is 0 Å². The Kier molecular flexibility index (Phi) is 2.54. The van der Waals surface area contributed by atoms with Gasteiger partial charge in [0, 0.05) is 22.7 Å². The summed E-state index contributed by atoms with van der Waals surface area (Å²) in [5, 5.41) is 9.34. The maximum atomic E-state index is 12.8. The summed E-state index contributed by atoms with van der Waals surface area (Å²) in [5.74, 6) is -0.362. The van der Waals surface area contributed by atoms with Crippen LogP contribution < -0.4 is 0 Å². The Morgan fingerprint density at radius 1 is 1.30 bits per heavy atom. The molecule has 4 nitrogen and oxygen atoms in total. The summed E-state index contributed by atoms with van der Waals surface area (Å²) >= 11 is 0. The number of aromatic nitrogens is 2. The zero-order valence-electron chi connectivity index (χ0n) is 9.82. The molecule has 0 fully saturated rings. The molecule has 3 aromatic rings. The third-order valence-corrected chi connectivity index (χ3v) is 2.89. The summed E-state index contributed by atoms with van der Waals surface area (Å²) in [6, 6.07) is 6.65. The Balaban J connectivity index is 2.26. The van der Waals surface area contributed by atoms with Crippen LogP contribution in [0.25, 0.3) is 22.2 Å². The summed E-state index contributed by atoms with van der Waals surface area (Å²) in [7, 11) is 0. The Bertz CT molecular complexity index is 823. The first-order valence-corrected chi connectivity index (χ1v) is 5.53. The van der Waals surface area contributed by atoms with Crippen molar-refractivity contribution < 1.29 is 17.6 Å². The van der Waals surface area contributed by atoms with Crippen LogP contribution in [0.1, 0.15) is 11.3 Å². The van der Waals surface area contributed by atoms with Crippen LogP contribution in [0.4, 0.5) is 13.2 Å². The molecule has 0 saturated heterocycles. The van der Waals surface area contributed by atoms with Crippen molar-refractivity contribution in [3.8, 4) is 17.4 Å². The van der Waals surface area contributed by atoms with Crippen molar-refractivity contribution in [2.24, 2.45) is 0 Å². The molecule has 0 unspecified atom stereocenters. The smallest absolute Gasteiger partial charge is 0.437 e. The second kappa shape index (κ2) is 4.13. The molecule has 0 aliphatic carbocycles. The number of H-pyrrole nitrogens is 1. The third-order valence-electron chi connectivity index (χ3n) is 2.89. The molecular weight excluding hydrogens is 271 g/mol. The lowest BCUT2D eigenvalue weighted by molar-refractivity contribution is -0.140. The number of oxazole rings is 1. The first kappa shape index (κ1) is 12.3. The quantitative estimate of drug-likeness (QED) is 0.737. The molecule has 0 amide bonds. The van der Waals surface area contributed by atoms with Gasteiger partial charge >= 0.3 is 6.18 Å². The van der Waals surface area contributed by atoms with Crippen LogP contribution >= 0.6 is 0 Å². The highest BCUT2D eigenvalue weighted by Crippen LogP contribution is 2.38. The average Bonchev–Trinajstić information content (AvgIpc) is 3.02. The lowest BCUT2D eigenvalue weighted by Crippen LogP contribution is -2.06. The fourth-order valence-electron chi connectivity index (χ4n) is 2.02. The van der Waals surface area contributed by atoms with E-state index < -0.39 is 11.9 Å². The van der Waals surface area contributed by atoms with Gasteiger partial charge in [0.1, 0.15) is 0 Å². The maximum Gasteiger partial charge on any atom is 0.437 e. The highest BCUT2D eigenvalue weighted by molar-refractivity contribution is 5.95. The van der Waals surface area contributed by atoms with E-state index in [-0.39, 0.29) is 11.3 Å². The minimum atomic E-state index is -4.60. The number of nitriles is 1. The minimum Gasteiger partial charge on any atom is -0.443 e. The number of hydrogen-bond acceptors (Lipinski definition) is 3. The number of fused-ring (bicyclic) bond motifs is 1. The molecule has 2 aromatic heterocycles. The van der Waals surface area contributed by atoms with Crippen LogP contribution in [0.5, 0.6) is 0 Å². The normalized spacial score (nSPS) is 11.7. The topological polar surface area (TPSA) is 65.6 Å². The van der Waals surface area contributed by atoms with Gasteiger partial charge in [-0.2, -0.15) is 18.4 Å². The standard InChI is InChI=1S/C13H6F3N3O/c14-13(15,16)12-11(20-6-19-12)9-5-18-10-2-1-7(4-17)3-8(9)10/h1-3,5-6,18H. The summed E-state index contributed by atoms with van der Waals surface area (Å²) in [6.07, 6.45) is -2.44. The number of aromatic amines is 1. The fraction of sp³-hybridized carbons (Fsp3) is 0.0769. The minimum absolute atomic E-state index is 0.224. The predicted octanol–water partition coefficient (Wildman–Crippen LogP) is 3.71. The molecule has 3 rings (SSSR count). The summed E-state index contributed by atoms with van der Waals surface area (Å²) in [4.78, 5) is 6.06. The lowest BCUT2D eigenvalue weighted by Gasteiger charge is -2.04. The molecule has 1 aromatic carbocycles. The molecule has 100 valence electrons. The first-order chi connectivity index (χ1) is 9.50. The second-order valence-corrected chi connectivity index (χ2v) is 4.10. The molecule has 0 spiro atoms. The SMILES string of the molecule is N#Cc1ccc2[nH]cc(-c3ocnc3C(F)(F)F)c2c1. The Morgan fingerprint density at radius 3 is 2.80 bits per heavy atom. The second-order valence-electron chi connectivity index (χ2n) is 4.10. The third kappa shape index (κ3) is 1.82. The Morgan fingerprint density at radius 2 is 2.10 bits per heavy atom. The largest absolute Gasteiger partial charge is 0.443 e. The number of hydrogen-bond donors (Lipinski definition) is 1. The van der Waals surface area contributed by atoms with E-state index in [1.807, 2.05) is 6.07 Å². The van der Waals surface area contributed by atoms with Crippen molar-refractivity contribution in [2.75, 3.05) is 0 Å². The van der Waals surface area contributed by atoms with E-state index in [9.17, 15) is 13.2 Å². The van der Waals surface area contributed by atoms with Crippen LogP contribution in [0.3, 0.4) is 0 Å². The van der Waals surface area contributed by atoms with Crippen LogP contribution in [-0.4, -0.2) is 9.97 Å².